The van der Waals surface area contributed by atoms with Gasteiger partial charge in [-0.25, -0.2) is 0 Å². The van der Waals surface area contributed by atoms with Crippen LogP contribution in [0.15, 0.2) is 5.16 Å². The molecule has 0 aromatic rings. The summed E-state index contributed by atoms with van der Waals surface area (Å²) >= 11 is 0. The predicted octanol–water partition coefficient (Wildman–Crippen LogP) is 2.33. The van der Waals surface area contributed by atoms with Crippen LogP contribution in [0, 0.1) is 11.8 Å². The maximum absolute atomic E-state index is 12.6. The zero-order valence-electron chi connectivity index (χ0n) is 12.3. The number of amides is 1. The van der Waals surface area contributed by atoms with Crippen LogP contribution in [0.5, 0.6) is 0 Å². The zero-order chi connectivity index (χ0) is 14.4. The second-order valence-corrected chi connectivity index (χ2v) is 6.17. The van der Waals surface area contributed by atoms with Gasteiger partial charge in [0.15, 0.2) is 0 Å². The van der Waals surface area contributed by atoms with Crippen molar-refractivity contribution in [1.29, 1.82) is 0 Å². The quantitative estimate of drug-likeness (QED) is 0.353. The average molecular weight is 281 g/mol. The highest BCUT2D eigenvalue weighted by molar-refractivity contribution is 5.83. The highest BCUT2D eigenvalue weighted by atomic mass is 16.4. The molecule has 0 aromatic carbocycles. The maximum atomic E-state index is 12.6. The number of oxime groups is 1. The average Bonchev–Trinajstić information content (AvgIpc) is 2.46. The van der Waals surface area contributed by atoms with Gasteiger partial charge in [0.2, 0.25) is 5.91 Å². The molecule has 3 N–H and O–H groups in total. The van der Waals surface area contributed by atoms with Crippen molar-refractivity contribution in [3.8, 4) is 0 Å². The Hall–Kier alpha value is -1.26. The molecule has 2 aliphatic rings. The van der Waals surface area contributed by atoms with Crippen LogP contribution in [0.4, 0.5) is 0 Å². The molecule has 5 nitrogen and oxygen atoms in total. The van der Waals surface area contributed by atoms with Crippen LogP contribution >= 0.6 is 0 Å². The fraction of sp³-hybridized carbons (Fsp3) is 0.867. The minimum Gasteiger partial charge on any atom is -0.409 e. The Bertz CT molecular complexity index is 341. The smallest absolute Gasteiger partial charge is 0.225 e. The molecule has 1 aliphatic carbocycles. The van der Waals surface area contributed by atoms with E-state index in [-0.39, 0.29) is 11.8 Å². The topological polar surface area (TPSA) is 78.9 Å². The lowest BCUT2D eigenvalue weighted by Gasteiger charge is -2.34. The van der Waals surface area contributed by atoms with E-state index < -0.39 is 0 Å². The number of hydrogen-bond acceptors (Lipinski definition) is 3. The summed E-state index contributed by atoms with van der Waals surface area (Å²) in [4.78, 5) is 14.6. The van der Waals surface area contributed by atoms with Gasteiger partial charge in [-0.15, -0.1) is 0 Å². The number of hydrogen-bond donors (Lipinski definition) is 2. The summed E-state index contributed by atoms with van der Waals surface area (Å²) in [5.41, 5.74) is 5.65. The van der Waals surface area contributed by atoms with Crippen molar-refractivity contribution >= 4 is 11.7 Å². The number of nitrogens with zero attached hydrogens (tertiary/aromatic N) is 2. The Balaban J connectivity index is 1.84. The van der Waals surface area contributed by atoms with Gasteiger partial charge in [-0.1, -0.05) is 37.3 Å². The molecule has 0 atom stereocenters. The third-order valence-electron chi connectivity index (χ3n) is 4.79. The number of carbonyl (C=O) groups is 1. The first-order chi connectivity index (χ1) is 9.72. The van der Waals surface area contributed by atoms with Gasteiger partial charge in [0, 0.05) is 24.9 Å². The molecule has 1 saturated heterocycles. The SMILES string of the molecule is NC(=NO)C1CCN(C(=O)C2CCCCCCC2)CC1. The normalized spacial score (nSPS) is 24.2. The Labute approximate surface area is 121 Å². The molecule has 114 valence electrons. The Morgan fingerprint density at radius 1 is 0.950 bits per heavy atom. The number of likely N-dealkylation sites (tertiary alicyclic amines) is 1. The van der Waals surface area contributed by atoms with E-state index in [0.29, 0.717) is 11.7 Å². The summed E-state index contributed by atoms with van der Waals surface area (Å²) in [6.45, 7) is 1.49. The Kier molecular flexibility index (Phi) is 5.68. The monoisotopic (exact) mass is 281 g/mol. The Morgan fingerprint density at radius 3 is 2.05 bits per heavy atom. The van der Waals surface area contributed by atoms with Crippen molar-refractivity contribution in [3.05, 3.63) is 0 Å². The second-order valence-electron chi connectivity index (χ2n) is 6.17. The van der Waals surface area contributed by atoms with E-state index in [9.17, 15) is 4.79 Å². The summed E-state index contributed by atoms with van der Waals surface area (Å²) in [5, 5.41) is 11.8. The lowest BCUT2D eigenvalue weighted by Crippen LogP contribution is -2.44. The van der Waals surface area contributed by atoms with Crippen LogP contribution in [0.1, 0.15) is 57.8 Å². The molecule has 0 spiro atoms. The first-order valence-electron chi connectivity index (χ1n) is 7.98. The molecule has 1 saturated carbocycles. The number of nitrogens with two attached hydrogens (primary N) is 1. The van der Waals surface area contributed by atoms with Gasteiger partial charge in [-0.05, 0) is 25.7 Å². The maximum Gasteiger partial charge on any atom is 0.225 e. The lowest BCUT2D eigenvalue weighted by atomic mass is 9.88. The lowest BCUT2D eigenvalue weighted by molar-refractivity contribution is -0.137. The molecular formula is C15H27N3O2. The van der Waals surface area contributed by atoms with Gasteiger partial charge in [-0.3, -0.25) is 4.79 Å². The van der Waals surface area contributed by atoms with Crippen molar-refractivity contribution in [2.75, 3.05) is 13.1 Å². The first kappa shape index (κ1) is 15.1. The Morgan fingerprint density at radius 2 is 1.50 bits per heavy atom. The summed E-state index contributed by atoms with van der Waals surface area (Å²) < 4.78 is 0. The van der Waals surface area contributed by atoms with Crippen molar-refractivity contribution in [2.45, 2.75) is 57.8 Å². The fourth-order valence-corrected chi connectivity index (χ4v) is 3.44. The van der Waals surface area contributed by atoms with E-state index in [1.165, 1.54) is 32.1 Å². The van der Waals surface area contributed by atoms with Crippen molar-refractivity contribution in [3.63, 3.8) is 0 Å². The molecule has 2 fully saturated rings. The summed E-state index contributed by atoms with van der Waals surface area (Å²) in [5.74, 6) is 1.00. The van der Waals surface area contributed by atoms with Crippen molar-refractivity contribution in [1.82, 2.24) is 4.90 Å². The third kappa shape index (κ3) is 3.87. The van der Waals surface area contributed by atoms with E-state index in [1.807, 2.05) is 4.90 Å². The van der Waals surface area contributed by atoms with Crippen LogP contribution in [0.2, 0.25) is 0 Å². The van der Waals surface area contributed by atoms with E-state index >= 15 is 0 Å². The van der Waals surface area contributed by atoms with E-state index in [0.717, 1.165) is 38.8 Å². The predicted molar refractivity (Wildman–Crippen MR) is 78.5 cm³/mol. The molecule has 1 heterocycles. The molecule has 0 aromatic heterocycles. The van der Waals surface area contributed by atoms with Crippen LogP contribution in [0.3, 0.4) is 0 Å². The molecule has 5 heteroatoms. The van der Waals surface area contributed by atoms with Crippen LogP contribution in [0.25, 0.3) is 0 Å². The minimum absolute atomic E-state index is 0.126. The minimum atomic E-state index is 0.126. The van der Waals surface area contributed by atoms with Gasteiger partial charge < -0.3 is 15.8 Å². The largest absolute Gasteiger partial charge is 0.409 e. The van der Waals surface area contributed by atoms with Crippen molar-refractivity contribution in [2.24, 2.45) is 22.7 Å². The molecule has 2 rings (SSSR count). The summed E-state index contributed by atoms with van der Waals surface area (Å²) in [6.07, 6.45) is 9.99. The first-order valence-corrected chi connectivity index (χ1v) is 7.98. The fourth-order valence-electron chi connectivity index (χ4n) is 3.44. The van der Waals surface area contributed by atoms with Gasteiger partial charge in [-0.2, -0.15) is 0 Å². The van der Waals surface area contributed by atoms with Crippen LogP contribution < -0.4 is 5.73 Å². The highest BCUT2D eigenvalue weighted by Gasteiger charge is 2.29. The molecule has 0 bridgehead atoms. The van der Waals surface area contributed by atoms with Gasteiger partial charge in [0.1, 0.15) is 5.84 Å². The van der Waals surface area contributed by atoms with E-state index in [1.54, 1.807) is 0 Å². The van der Waals surface area contributed by atoms with Crippen LogP contribution in [-0.2, 0) is 4.79 Å². The van der Waals surface area contributed by atoms with E-state index in [2.05, 4.69) is 5.16 Å². The van der Waals surface area contributed by atoms with Gasteiger partial charge in [0.05, 0.1) is 0 Å². The third-order valence-corrected chi connectivity index (χ3v) is 4.79. The molecular weight excluding hydrogens is 254 g/mol. The number of piperidine rings is 1. The van der Waals surface area contributed by atoms with Gasteiger partial charge >= 0.3 is 0 Å². The second kappa shape index (κ2) is 7.50. The molecule has 0 radical (unpaired) electrons. The number of carbonyl (C=O) groups excluding carboxylic acids is 1. The van der Waals surface area contributed by atoms with Crippen LogP contribution in [-0.4, -0.2) is 34.9 Å². The van der Waals surface area contributed by atoms with Crippen molar-refractivity contribution < 1.29 is 10.0 Å². The number of amidine groups is 1. The molecule has 1 amide bonds. The molecule has 0 unspecified atom stereocenters. The zero-order valence-corrected chi connectivity index (χ0v) is 12.3. The van der Waals surface area contributed by atoms with Gasteiger partial charge in [0.25, 0.3) is 0 Å². The standard InChI is InChI=1S/C15H27N3O2/c16-14(17-20)12-8-10-18(11-9-12)15(19)13-6-4-2-1-3-5-7-13/h12-13,20H,1-11H2,(H2,16,17). The van der Waals surface area contributed by atoms with E-state index in [4.69, 9.17) is 10.9 Å². The summed E-state index contributed by atoms with van der Waals surface area (Å²) in [6, 6.07) is 0. The molecule has 20 heavy (non-hydrogen) atoms. The molecule has 1 aliphatic heterocycles. The summed E-state index contributed by atoms with van der Waals surface area (Å²) in [7, 11) is 0. The number of rotatable bonds is 2. The highest BCUT2D eigenvalue weighted by Crippen LogP contribution is 2.26.